The van der Waals surface area contributed by atoms with Crippen molar-refractivity contribution < 1.29 is 4.74 Å². The van der Waals surface area contributed by atoms with Gasteiger partial charge < -0.3 is 9.72 Å². The van der Waals surface area contributed by atoms with E-state index < -0.39 is 0 Å². The van der Waals surface area contributed by atoms with E-state index in [1.54, 1.807) is 0 Å². The number of aromatic nitrogens is 5. The fraction of sp³-hybridized carbons (Fsp3) is 0.630. The van der Waals surface area contributed by atoms with Crippen LogP contribution in [0.25, 0.3) is 10.9 Å². The number of tetrazole rings is 1. The van der Waals surface area contributed by atoms with Gasteiger partial charge in [-0.3, -0.25) is 9.69 Å². The molecule has 1 aliphatic rings. The van der Waals surface area contributed by atoms with Gasteiger partial charge in [0.05, 0.1) is 23.2 Å². The monoisotopic (exact) mass is 480 g/mol. The van der Waals surface area contributed by atoms with Crippen LogP contribution in [-0.4, -0.2) is 49.3 Å². The van der Waals surface area contributed by atoms with Crippen molar-refractivity contribution in [3.63, 3.8) is 0 Å². The maximum atomic E-state index is 13.2. The van der Waals surface area contributed by atoms with Gasteiger partial charge in [0.15, 0.2) is 5.82 Å². The molecule has 1 N–H and O–H groups in total. The molecule has 1 aliphatic heterocycles. The van der Waals surface area contributed by atoms with Gasteiger partial charge in [-0.25, -0.2) is 4.68 Å². The third kappa shape index (κ3) is 5.48. The molecule has 1 saturated heterocycles. The number of aryl methyl sites for hydroxylation is 2. The number of ether oxygens (including phenoxy) is 1. The molecule has 8 heteroatoms. The summed E-state index contributed by atoms with van der Waals surface area (Å²) in [5.74, 6) is 0.862. The number of H-pyrrole nitrogens is 1. The first-order valence-corrected chi connectivity index (χ1v) is 13.0. The summed E-state index contributed by atoms with van der Waals surface area (Å²) in [6.45, 7) is 14.9. The highest BCUT2D eigenvalue weighted by molar-refractivity contribution is 5.82. The van der Waals surface area contributed by atoms with Crippen LogP contribution in [0.4, 0.5) is 0 Å². The lowest BCUT2D eigenvalue weighted by atomic mass is 10.00. The maximum Gasteiger partial charge on any atom is 0.252 e. The zero-order chi connectivity index (χ0) is 25.2. The van der Waals surface area contributed by atoms with E-state index in [0.29, 0.717) is 6.54 Å². The van der Waals surface area contributed by atoms with Crippen LogP contribution in [0.1, 0.15) is 88.4 Å². The highest BCUT2D eigenvalue weighted by Crippen LogP contribution is 2.31. The first-order chi connectivity index (χ1) is 16.7. The summed E-state index contributed by atoms with van der Waals surface area (Å²) in [6.07, 6.45) is 5.06. The zero-order valence-corrected chi connectivity index (χ0v) is 22.1. The predicted octanol–water partition coefficient (Wildman–Crippen LogP) is 4.80. The first-order valence-electron chi connectivity index (χ1n) is 13.0. The van der Waals surface area contributed by atoms with E-state index in [0.717, 1.165) is 73.1 Å². The Labute approximate surface area is 208 Å². The number of nitrogens with zero attached hydrogens (tertiary/aromatic N) is 5. The van der Waals surface area contributed by atoms with Crippen LogP contribution in [-0.2, 0) is 16.8 Å². The summed E-state index contributed by atoms with van der Waals surface area (Å²) in [4.78, 5) is 18.7. The van der Waals surface area contributed by atoms with Crippen LogP contribution < -0.4 is 5.56 Å². The summed E-state index contributed by atoms with van der Waals surface area (Å²) in [7, 11) is 0. The van der Waals surface area contributed by atoms with E-state index in [1.165, 1.54) is 5.56 Å². The fourth-order valence-electron chi connectivity index (χ4n) is 5.15. The molecule has 4 rings (SSSR count). The second-order valence-corrected chi connectivity index (χ2v) is 10.7. The minimum absolute atomic E-state index is 0.0145. The molecule has 0 unspecified atom stereocenters. The predicted molar refractivity (Wildman–Crippen MR) is 139 cm³/mol. The summed E-state index contributed by atoms with van der Waals surface area (Å²) in [6, 6.07) is 6.28. The smallest absolute Gasteiger partial charge is 0.252 e. The molecule has 1 aromatic carbocycles. The molecule has 0 saturated carbocycles. The average Bonchev–Trinajstić information content (AvgIpc) is 3.51. The average molecular weight is 481 g/mol. The SMILES string of the molecule is CCC[C@H](c1nnnn1C(C)(C)CC)N(Cc1cc2cc(C)cc(C)c2[nH]c1=O)C[C@H]1CCCO1. The Kier molecular flexibility index (Phi) is 7.71. The number of rotatable bonds is 10. The third-order valence-electron chi connectivity index (χ3n) is 7.44. The van der Waals surface area contributed by atoms with Crippen LogP contribution in [0.3, 0.4) is 0 Å². The Bertz CT molecular complexity index is 1210. The molecular weight excluding hydrogens is 440 g/mol. The Morgan fingerprint density at radius 1 is 1.26 bits per heavy atom. The molecular formula is C27H40N6O2. The molecule has 190 valence electrons. The van der Waals surface area contributed by atoms with Crippen molar-refractivity contribution in [1.82, 2.24) is 30.1 Å². The topological polar surface area (TPSA) is 88.9 Å². The summed E-state index contributed by atoms with van der Waals surface area (Å²) in [5.41, 5.74) is 3.71. The van der Waals surface area contributed by atoms with Crippen molar-refractivity contribution >= 4 is 10.9 Å². The first kappa shape index (κ1) is 25.5. The number of aromatic amines is 1. The van der Waals surface area contributed by atoms with Crippen LogP contribution in [0.15, 0.2) is 23.0 Å². The van der Waals surface area contributed by atoms with Gasteiger partial charge in [0.2, 0.25) is 0 Å². The third-order valence-corrected chi connectivity index (χ3v) is 7.44. The molecule has 1 fully saturated rings. The van der Waals surface area contributed by atoms with Gasteiger partial charge in [0, 0.05) is 25.3 Å². The second-order valence-electron chi connectivity index (χ2n) is 10.7. The lowest BCUT2D eigenvalue weighted by Gasteiger charge is -2.34. The highest BCUT2D eigenvalue weighted by atomic mass is 16.5. The molecule has 0 aliphatic carbocycles. The molecule has 0 spiro atoms. The van der Waals surface area contributed by atoms with Crippen molar-refractivity contribution in [1.29, 1.82) is 0 Å². The minimum atomic E-state index is -0.199. The van der Waals surface area contributed by atoms with Crippen molar-refractivity contribution in [2.45, 2.75) is 97.9 Å². The molecule has 0 radical (unpaired) electrons. The van der Waals surface area contributed by atoms with Gasteiger partial charge in [0.1, 0.15) is 0 Å². The lowest BCUT2D eigenvalue weighted by molar-refractivity contribution is 0.0462. The van der Waals surface area contributed by atoms with Gasteiger partial charge in [-0.2, -0.15) is 0 Å². The highest BCUT2D eigenvalue weighted by Gasteiger charge is 2.33. The van der Waals surface area contributed by atoms with E-state index in [9.17, 15) is 4.79 Å². The Morgan fingerprint density at radius 3 is 2.74 bits per heavy atom. The van der Waals surface area contributed by atoms with E-state index in [1.807, 2.05) is 11.6 Å². The van der Waals surface area contributed by atoms with Gasteiger partial charge in [0.25, 0.3) is 5.56 Å². The lowest BCUT2D eigenvalue weighted by Crippen LogP contribution is -2.39. The largest absolute Gasteiger partial charge is 0.377 e. The summed E-state index contributed by atoms with van der Waals surface area (Å²) in [5, 5.41) is 14.0. The van der Waals surface area contributed by atoms with E-state index in [2.05, 4.69) is 78.2 Å². The number of fused-ring (bicyclic) bond motifs is 1. The number of benzene rings is 1. The maximum absolute atomic E-state index is 13.2. The molecule has 3 heterocycles. The van der Waals surface area contributed by atoms with E-state index in [4.69, 9.17) is 4.74 Å². The number of hydrogen-bond acceptors (Lipinski definition) is 6. The minimum Gasteiger partial charge on any atom is -0.377 e. The molecule has 35 heavy (non-hydrogen) atoms. The number of pyridine rings is 1. The zero-order valence-electron chi connectivity index (χ0n) is 22.1. The van der Waals surface area contributed by atoms with E-state index >= 15 is 0 Å². The van der Waals surface area contributed by atoms with Gasteiger partial charge in [-0.05, 0) is 86.9 Å². The fourth-order valence-corrected chi connectivity index (χ4v) is 5.15. The summed E-state index contributed by atoms with van der Waals surface area (Å²) >= 11 is 0. The van der Waals surface area contributed by atoms with Gasteiger partial charge >= 0.3 is 0 Å². The van der Waals surface area contributed by atoms with E-state index in [-0.39, 0.29) is 23.2 Å². The van der Waals surface area contributed by atoms with Crippen molar-refractivity contribution in [2.24, 2.45) is 0 Å². The van der Waals surface area contributed by atoms with Crippen LogP contribution >= 0.6 is 0 Å². The standard InChI is InChI=1S/C27H40N6O2/c1-7-10-23(25-29-30-31-33(25)27(5,6)8-2)32(17-22-11-9-12-35-22)16-21-15-20-14-18(3)13-19(4)24(20)28-26(21)34/h13-15,22-23H,7-12,16-17H2,1-6H3,(H,28,34)/t22-,23-/m1/s1. The van der Waals surface area contributed by atoms with Crippen LogP contribution in [0, 0.1) is 13.8 Å². The van der Waals surface area contributed by atoms with Crippen molar-refractivity contribution in [2.75, 3.05) is 13.2 Å². The quantitative estimate of drug-likeness (QED) is 0.448. The van der Waals surface area contributed by atoms with Crippen LogP contribution in [0.5, 0.6) is 0 Å². The van der Waals surface area contributed by atoms with Gasteiger partial charge in [-0.1, -0.05) is 31.9 Å². The second kappa shape index (κ2) is 10.6. The van der Waals surface area contributed by atoms with Crippen molar-refractivity contribution in [3.05, 3.63) is 51.1 Å². The molecule has 3 aromatic rings. The molecule has 2 atom stereocenters. The summed E-state index contributed by atoms with van der Waals surface area (Å²) < 4.78 is 8.01. The van der Waals surface area contributed by atoms with Crippen LogP contribution in [0.2, 0.25) is 0 Å². The molecule has 0 bridgehead atoms. The Hall–Kier alpha value is -2.58. The molecule has 0 amide bonds. The van der Waals surface area contributed by atoms with Gasteiger partial charge in [-0.15, -0.1) is 5.10 Å². The Balaban J connectivity index is 1.76. The van der Waals surface area contributed by atoms with Crippen molar-refractivity contribution in [3.8, 4) is 0 Å². The number of nitrogens with one attached hydrogen (secondary N) is 1. The molecule has 8 nitrogen and oxygen atoms in total. The normalized spacial score (nSPS) is 17.5. The Morgan fingerprint density at radius 2 is 2.06 bits per heavy atom. The number of hydrogen-bond donors (Lipinski definition) is 1. The molecule has 2 aromatic heterocycles.